The van der Waals surface area contributed by atoms with Gasteiger partial charge in [0, 0.05) is 55.6 Å². The van der Waals surface area contributed by atoms with Crippen LogP contribution in [0.5, 0.6) is 23.0 Å². The van der Waals surface area contributed by atoms with Crippen LogP contribution in [0.4, 0.5) is 0 Å². The van der Waals surface area contributed by atoms with E-state index in [0.29, 0.717) is 34.9 Å². The number of ether oxygens (including phenoxy) is 2. The van der Waals surface area contributed by atoms with E-state index >= 15 is 0 Å². The first-order valence-corrected chi connectivity index (χ1v) is 40.7. The fraction of sp³-hybridized carbons (Fsp3) is 0.0179. The molecule has 0 bridgehead atoms. The van der Waals surface area contributed by atoms with Gasteiger partial charge in [0.25, 0.3) is 0 Å². The van der Waals surface area contributed by atoms with Crippen molar-refractivity contribution in [1.82, 2.24) is 29.9 Å². The molecule has 8 heteroatoms. The zero-order valence-electron chi connectivity index (χ0n) is 64.9. The number of nitrogens with zero attached hydrogens (tertiary/aromatic N) is 6. The largest absolute Gasteiger partial charge is 0.457 e. The van der Waals surface area contributed by atoms with Gasteiger partial charge in [0.05, 0.1) is 10.8 Å². The lowest BCUT2D eigenvalue weighted by Gasteiger charge is -2.39. The third kappa shape index (κ3) is 11.5. The van der Waals surface area contributed by atoms with Gasteiger partial charge >= 0.3 is 0 Å². The Morgan fingerprint density at radius 1 is 0.150 bits per heavy atom. The van der Waals surface area contributed by atoms with Gasteiger partial charge in [-0.15, -0.1) is 0 Å². The van der Waals surface area contributed by atoms with E-state index in [4.69, 9.17) is 39.4 Å². The highest BCUT2D eigenvalue weighted by Gasteiger charge is 2.53. The number of fused-ring (bicyclic) bond motifs is 21. The molecule has 0 radical (unpaired) electrons. The molecule has 2 aromatic heterocycles. The SMILES string of the molecule is c1ccc(-c2cccc(-c3nc(-c4ccc(-c5ccc6c(c5)Oc5ccccc5C65c6ccccc6-c6ccccc65)cc4)nc(-c4cccc(-c5ccccc5)c4)n3)c2)cc1.c1ccc(-c2nc(-c3ccc(-c4ccc5c(c4)Oc4ccccc4C54c5ccccc5-c5ccccc54)cc3)nc(-c3ccc4c(ccc5ccccc54)c3)n2)cc1. The third-order valence-corrected chi connectivity index (χ3v) is 24.4. The first-order chi connectivity index (χ1) is 59.4. The van der Waals surface area contributed by atoms with Crippen molar-refractivity contribution in [3.8, 4) is 158 Å². The molecule has 2 aliphatic heterocycles. The summed E-state index contributed by atoms with van der Waals surface area (Å²) in [6, 6.07) is 150. The van der Waals surface area contributed by atoms with Crippen LogP contribution in [0.25, 0.3) is 157 Å². The van der Waals surface area contributed by atoms with Gasteiger partial charge in [0.15, 0.2) is 34.9 Å². The summed E-state index contributed by atoms with van der Waals surface area (Å²) < 4.78 is 13.6. The highest BCUT2D eigenvalue weighted by atomic mass is 16.5. The predicted molar refractivity (Wildman–Crippen MR) is 484 cm³/mol. The van der Waals surface area contributed by atoms with E-state index in [1.54, 1.807) is 0 Å². The van der Waals surface area contributed by atoms with Crippen molar-refractivity contribution in [2.45, 2.75) is 10.8 Å². The van der Waals surface area contributed by atoms with Crippen molar-refractivity contribution < 1.29 is 9.47 Å². The van der Waals surface area contributed by atoms with E-state index in [0.717, 1.165) is 123 Å². The van der Waals surface area contributed by atoms with Gasteiger partial charge in [-0.3, -0.25) is 0 Å². The monoisotopic (exact) mass is 1530 g/mol. The second-order valence-electron chi connectivity index (χ2n) is 31.1. The van der Waals surface area contributed by atoms with Crippen molar-refractivity contribution in [3.63, 3.8) is 0 Å². The Kier molecular flexibility index (Phi) is 16.5. The van der Waals surface area contributed by atoms with E-state index in [9.17, 15) is 0 Å². The van der Waals surface area contributed by atoms with Crippen molar-refractivity contribution in [1.29, 1.82) is 0 Å². The van der Waals surface area contributed by atoms with Gasteiger partial charge in [0.1, 0.15) is 23.0 Å². The molecule has 0 amide bonds. The summed E-state index contributed by atoms with van der Waals surface area (Å²) in [6.07, 6.45) is 0. The zero-order valence-corrected chi connectivity index (χ0v) is 64.9. The molecular weight excluding hydrogens is 1460 g/mol. The molecule has 18 aromatic carbocycles. The number of hydrogen-bond donors (Lipinski definition) is 0. The zero-order chi connectivity index (χ0) is 79.2. The summed E-state index contributed by atoms with van der Waals surface area (Å²) in [5.74, 6) is 7.23. The average Bonchev–Trinajstić information content (AvgIpc) is 1.51. The molecule has 2 aliphatic carbocycles. The van der Waals surface area contributed by atoms with Crippen LogP contribution in [0.3, 0.4) is 0 Å². The number of hydrogen-bond acceptors (Lipinski definition) is 8. The minimum Gasteiger partial charge on any atom is -0.457 e. The van der Waals surface area contributed by atoms with Gasteiger partial charge < -0.3 is 9.47 Å². The Balaban J connectivity index is 0.000000140. The molecule has 120 heavy (non-hydrogen) atoms. The Bertz CT molecular complexity index is 7280. The molecule has 0 saturated heterocycles. The summed E-state index contributed by atoms with van der Waals surface area (Å²) in [4.78, 5) is 30.5. The average molecular weight is 1530 g/mol. The molecule has 0 atom stereocenters. The van der Waals surface area contributed by atoms with E-state index in [2.05, 4.69) is 382 Å². The van der Waals surface area contributed by atoms with Crippen LogP contribution < -0.4 is 9.47 Å². The molecule has 4 heterocycles. The first-order valence-electron chi connectivity index (χ1n) is 40.7. The third-order valence-electron chi connectivity index (χ3n) is 24.4. The summed E-state index contributed by atoms with van der Waals surface area (Å²) in [5.41, 5.74) is 28.2. The van der Waals surface area contributed by atoms with E-state index in [-0.39, 0.29) is 0 Å². The number of rotatable bonds is 10. The van der Waals surface area contributed by atoms with E-state index in [1.165, 1.54) is 66.2 Å². The van der Waals surface area contributed by atoms with Crippen LogP contribution in [0.15, 0.2) is 425 Å². The quantitative estimate of drug-likeness (QED) is 0.125. The Morgan fingerprint density at radius 2 is 0.417 bits per heavy atom. The second-order valence-corrected chi connectivity index (χ2v) is 31.1. The van der Waals surface area contributed by atoms with Gasteiger partial charge in [-0.2, -0.15) is 0 Å². The smallest absolute Gasteiger partial charge is 0.164 e. The summed E-state index contributed by atoms with van der Waals surface area (Å²) in [7, 11) is 0. The molecule has 20 aromatic rings. The maximum absolute atomic E-state index is 6.81. The normalized spacial score (nSPS) is 12.9. The van der Waals surface area contributed by atoms with Crippen LogP contribution in [0.2, 0.25) is 0 Å². The molecule has 0 saturated carbocycles. The number of para-hydroxylation sites is 2. The van der Waals surface area contributed by atoms with Crippen LogP contribution >= 0.6 is 0 Å². The van der Waals surface area contributed by atoms with Crippen LogP contribution in [-0.4, -0.2) is 29.9 Å². The van der Waals surface area contributed by atoms with Crippen molar-refractivity contribution in [2.75, 3.05) is 0 Å². The maximum Gasteiger partial charge on any atom is 0.164 e. The fourth-order valence-corrected chi connectivity index (χ4v) is 18.9. The van der Waals surface area contributed by atoms with Gasteiger partial charge in [-0.25, -0.2) is 29.9 Å². The van der Waals surface area contributed by atoms with Crippen molar-refractivity contribution in [2.24, 2.45) is 0 Å². The number of benzene rings is 18. The molecule has 0 N–H and O–H groups in total. The second kappa shape index (κ2) is 28.5. The van der Waals surface area contributed by atoms with Crippen molar-refractivity contribution in [3.05, 3.63) is 469 Å². The molecule has 560 valence electrons. The van der Waals surface area contributed by atoms with E-state index in [1.807, 2.05) is 42.5 Å². The summed E-state index contributed by atoms with van der Waals surface area (Å²) >= 11 is 0. The lowest BCUT2D eigenvalue weighted by atomic mass is 9.66. The van der Waals surface area contributed by atoms with Crippen LogP contribution in [0, 0.1) is 0 Å². The Hall–Kier alpha value is -15.9. The molecule has 0 fully saturated rings. The molecule has 8 nitrogen and oxygen atoms in total. The Morgan fingerprint density at radius 3 is 0.850 bits per heavy atom. The maximum atomic E-state index is 6.81. The van der Waals surface area contributed by atoms with Gasteiger partial charge in [0.2, 0.25) is 0 Å². The lowest BCUT2D eigenvalue weighted by molar-refractivity contribution is 0.436. The standard InChI is InChI=1S/C58H37N3O.C54H33N3O/c1-3-15-38(16-4-1)42-19-13-21-45(35-42)56-59-55(60-57(61-56)46-22-14-20-43(36-46)39-17-5-2-6-18-39)41-31-29-40(30-32-41)44-33-34-52-54(37-44)62-53-28-12-11-27-51(53)58(52)49-25-9-7-23-47(49)48-24-8-10-26-50(48)58;1-2-13-36(14-3-1)51-55-52(57-53(56-51)40-28-30-42-39(32-40)27-24-35-12-4-5-15-41(35)42)37-25-22-34(23-26-37)38-29-31-48-50(33-38)58-49-21-11-10-20-47(49)54(48)45-18-8-6-16-43(45)44-17-7-9-19-46(44)54/h1-37H;1-33H. The highest BCUT2D eigenvalue weighted by molar-refractivity contribution is 6.08. The first kappa shape index (κ1) is 69.6. The molecule has 0 unspecified atom stereocenters. The number of aromatic nitrogens is 6. The van der Waals surface area contributed by atoms with Crippen LogP contribution in [0.1, 0.15) is 44.5 Å². The van der Waals surface area contributed by atoms with Crippen LogP contribution in [-0.2, 0) is 10.8 Å². The topological polar surface area (TPSA) is 95.8 Å². The highest BCUT2D eigenvalue weighted by Crippen LogP contribution is 2.64. The van der Waals surface area contributed by atoms with Gasteiger partial charge in [-0.1, -0.05) is 382 Å². The van der Waals surface area contributed by atoms with Gasteiger partial charge in [-0.05, 0) is 153 Å². The Labute approximate surface area is 694 Å². The predicted octanol–water partition coefficient (Wildman–Crippen LogP) is 27.7. The minimum atomic E-state index is -0.491. The molecule has 24 rings (SSSR count). The summed E-state index contributed by atoms with van der Waals surface area (Å²) in [6.45, 7) is 0. The molecule has 4 aliphatic rings. The molecule has 2 spiro atoms. The minimum absolute atomic E-state index is 0.481. The molecular formula is C112H70N6O2. The van der Waals surface area contributed by atoms with Crippen molar-refractivity contribution >= 4 is 21.5 Å². The lowest BCUT2D eigenvalue weighted by Crippen LogP contribution is -2.32. The summed E-state index contributed by atoms with van der Waals surface area (Å²) in [5, 5.41) is 4.81. The fourth-order valence-electron chi connectivity index (χ4n) is 18.9. The van der Waals surface area contributed by atoms with E-state index < -0.39 is 10.8 Å².